The Morgan fingerprint density at radius 1 is 0.895 bits per heavy atom. The molecule has 0 aliphatic heterocycles. The van der Waals surface area contributed by atoms with E-state index in [9.17, 15) is 33.4 Å². The molecule has 38 heavy (non-hydrogen) atoms. The van der Waals surface area contributed by atoms with Crippen LogP contribution in [0.1, 0.15) is 0 Å². The fraction of sp³-hybridized carbons (Fsp3) is 0.174. The summed E-state index contributed by atoms with van der Waals surface area (Å²) in [4.78, 5) is 33.7. The third-order valence-electron chi connectivity index (χ3n) is 5.24. The van der Waals surface area contributed by atoms with Gasteiger partial charge in [0.05, 0.1) is 42.6 Å². The number of ether oxygens (including phenoxy) is 3. The summed E-state index contributed by atoms with van der Waals surface area (Å²) in [5.41, 5.74) is -1.25. The summed E-state index contributed by atoms with van der Waals surface area (Å²) >= 11 is 0. The molecule has 1 amide bonds. The van der Waals surface area contributed by atoms with Crippen molar-refractivity contribution in [2.45, 2.75) is 4.90 Å². The molecule has 0 spiro atoms. The van der Waals surface area contributed by atoms with Crippen LogP contribution in [0.15, 0.2) is 65.6 Å². The van der Waals surface area contributed by atoms with Gasteiger partial charge < -0.3 is 19.5 Å². The molecule has 15 heteroatoms. The number of amides is 1. The van der Waals surface area contributed by atoms with E-state index >= 15 is 0 Å². The van der Waals surface area contributed by atoms with Crippen LogP contribution in [0, 0.1) is 20.2 Å². The minimum atomic E-state index is -4.74. The average molecular weight is 547 g/mol. The maximum absolute atomic E-state index is 13.8. The monoisotopic (exact) mass is 546 g/mol. The van der Waals surface area contributed by atoms with Crippen LogP contribution in [0.4, 0.5) is 22.7 Å². The van der Waals surface area contributed by atoms with Crippen LogP contribution in [0.3, 0.4) is 0 Å². The van der Waals surface area contributed by atoms with E-state index in [2.05, 4.69) is 5.32 Å². The van der Waals surface area contributed by atoms with Gasteiger partial charge in [0.15, 0.2) is 4.90 Å². The van der Waals surface area contributed by atoms with Crippen molar-refractivity contribution >= 4 is 38.7 Å². The van der Waals surface area contributed by atoms with Crippen LogP contribution < -0.4 is 23.8 Å². The van der Waals surface area contributed by atoms with Crippen LogP contribution in [0.2, 0.25) is 0 Å². The highest BCUT2D eigenvalue weighted by Gasteiger charge is 2.35. The van der Waals surface area contributed by atoms with Gasteiger partial charge in [-0.05, 0) is 24.3 Å². The number of para-hydroxylation sites is 1. The Labute approximate surface area is 216 Å². The van der Waals surface area contributed by atoms with Gasteiger partial charge in [0.2, 0.25) is 5.91 Å². The lowest BCUT2D eigenvalue weighted by Crippen LogP contribution is -2.38. The lowest BCUT2D eigenvalue weighted by Gasteiger charge is -2.26. The van der Waals surface area contributed by atoms with Gasteiger partial charge in [0.25, 0.3) is 21.4 Å². The molecule has 0 aliphatic rings. The van der Waals surface area contributed by atoms with E-state index in [1.54, 1.807) is 0 Å². The van der Waals surface area contributed by atoms with E-state index in [0.29, 0.717) is 10.1 Å². The molecule has 0 aliphatic carbocycles. The predicted octanol–water partition coefficient (Wildman–Crippen LogP) is 3.36. The Balaban J connectivity index is 2.12. The number of hydrogen-bond donors (Lipinski definition) is 1. The van der Waals surface area contributed by atoms with Crippen LogP contribution in [0.5, 0.6) is 17.2 Å². The molecule has 3 aromatic rings. The summed E-state index contributed by atoms with van der Waals surface area (Å²) < 4.78 is 43.8. The number of hydrogen-bond acceptors (Lipinski definition) is 10. The molecule has 0 radical (unpaired) electrons. The zero-order chi connectivity index (χ0) is 28.0. The smallest absolute Gasteiger partial charge is 0.289 e. The van der Waals surface area contributed by atoms with Gasteiger partial charge in [0.1, 0.15) is 23.8 Å². The Kier molecular flexibility index (Phi) is 8.32. The Morgan fingerprint density at radius 2 is 1.58 bits per heavy atom. The highest BCUT2D eigenvalue weighted by molar-refractivity contribution is 7.93. The Morgan fingerprint density at radius 3 is 2.18 bits per heavy atom. The number of non-ortho nitro benzene ring substituents is 1. The van der Waals surface area contributed by atoms with Crippen molar-refractivity contribution in [3.05, 3.63) is 80.9 Å². The van der Waals surface area contributed by atoms with Crippen molar-refractivity contribution in [3.8, 4) is 17.2 Å². The van der Waals surface area contributed by atoms with Gasteiger partial charge in [-0.15, -0.1) is 0 Å². The molecule has 0 atom stereocenters. The fourth-order valence-corrected chi connectivity index (χ4v) is 5.05. The van der Waals surface area contributed by atoms with E-state index in [-0.39, 0.29) is 28.6 Å². The van der Waals surface area contributed by atoms with E-state index in [1.165, 1.54) is 63.8 Å². The van der Waals surface area contributed by atoms with Crippen LogP contribution in [-0.4, -0.2) is 52.0 Å². The highest BCUT2D eigenvalue weighted by atomic mass is 32.2. The van der Waals surface area contributed by atoms with Crippen molar-refractivity contribution in [3.63, 3.8) is 0 Å². The number of nitro groups is 2. The highest BCUT2D eigenvalue weighted by Crippen LogP contribution is 2.37. The Hall–Kier alpha value is -4.92. The summed E-state index contributed by atoms with van der Waals surface area (Å²) in [6, 6.07) is 12.2. The van der Waals surface area contributed by atoms with E-state index in [0.717, 1.165) is 18.2 Å². The van der Waals surface area contributed by atoms with Gasteiger partial charge in [-0.1, -0.05) is 12.1 Å². The molecule has 3 aromatic carbocycles. The molecular weight excluding hydrogens is 524 g/mol. The molecule has 200 valence electrons. The number of benzene rings is 3. The number of rotatable bonds is 11. The van der Waals surface area contributed by atoms with Gasteiger partial charge in [0, 0.05) is 24.3 Å². The summed E-state index contributed by atoms with van der Waals surface area (Å²) in [7, 11) is -0.803. The number of carbonyl (C=O) groups excluding carboxylic acids is 1. The molecule has 0 fully saturated rings. The standard InChI is InChI=1S/C23H22N4O10S/c1-35-16-9-10-18(21(13-16)37-3)25(38(33,34)22-7-5-4-6-19(22)27(31)32)14-23(28)24-17-12-15(26(29)30)8-11-20(17)36-2/h4-13H,14H2,1-3H3,(H,24,28). The van der Waals surface area contributed by atoms with Crippen LogP contribution in [0.25, 0.3) is 0 Å². The fourth-order valence-electron chi connectivity index (χ4n) is 3.46. The molecule has 0 saturated heterocycles. The van der Waals surface area contributed by atoms with Crippen molar-refractivity contribution in [2.24, 2.45) is 0 Å². The summed E-state index contributed by atoms with van der Waals surface area (Å²) in [6.07, 6.45) is 0. The molecule has 0 aromatic heterocycles. The second-order valence-electron chi connectivity index (χ2n) is 7.46. The molecule has 3 rings (SSSR count). The van der Waals surface area contributed by atoms with Crippen molar-refractivity contribution in [2.75, 3.05) is 37.5 Å². The van der Waals surface area contributed by atoms with E-state index in [4.69, 9.17) is 14.2 Å². The number of nitro benzene ring substituents is 2. The minimum Gasteiger partial charge on any atom is -0.497 e. The van der Waals surface area contributed by atoms with Gasteiger partial charge in [-0.3, -0.25) is 29.3 Å². The molecule has 0 bridgehead atoms. The molecule has 14 nitrogen and oxygen atoms in total. The zero-order valence-corrected chi connectivity index (χ0v) is 21.1. The maximum Gasteiger partial charge on any atom is 0.289 e. The number of nitrogens with one attached hydrogen (secondary N) is 1. The predicted molar refractivity (Wildman–Crippen MR) is 135 cm³/mol. The third kappa shape index (κ3) is 5.73. The lowest BCUT2D eigenvalue weighted by atomic mass is 10.2. The first-order chi connectivity index (χ1) is 18.0. The zero-order valence-electron chi connectivity index (χ0n) is 20.3. The van der Waals surface area contributed by atoms with Crippen LogP contribution in [-0.2, 0) is 14.8 Å². The van der Waals surface area contributed by atoms with Crippen molar-refractivity contribution in [1.82, 2.24) is 0 Å². The van der Waals surface area contributed by atoms with Crippen molar-refractivity contribution < 1.29 is 37.3 Å². The first-order valence-electron chi connectivity index (χ1n) is 10.6. The third-order valence-corrected chi connectivity index (χ3v) is 7.05. The average Bonchev–Trinajstić information content (AvgIpc) is 2.91. The number of carbonyl (C=O) groups is 1. The first kappa shape index (κ1) is 27.7. The topological polar surface area (TPSA) is 180 Å². The largest absolute Gasteiger partial charge is 0.497 e. The maximum atomic E-state index is 13.8. The quantitative estimate of drug-likeness (QED) is 0.277. The summed E-state index contributed by atoms with van der Waals surface area (Å²) in [6.45, 7) is -0.886. The van der Waals surface area contributed by atoms with E-state index in [1.807, 2.05) is 0 Å². The summed E-state index contributed by atoms with van der Waals surface area (Å²) in [5.74, 6) is -0.533. The minimum absolute atomic E-state index is 0.00719. The lowest BCUT2D eigenvalue weighted by molar-refractivity contribution is -0.387. The number of methoxy groups -OCH3 is 3. The second-order valence-corrected chi connectivity index (χ2v) is 9.29. The molecule has 1 N–H and O–H groups in total. The normalized spacial score (nSPS) is 10.8. The molecule has 0 unspecified atom stereocenters. The summed E-state index contributed by atoms with van der Waals surface area (Å²) in [5, 5.41) is 25.2. The van der Waals surface area contributed by atoms with Gasteiger partial charge in [-0.2, -0.15) is 0 Å². The van der Waals surface area contributed by atoms with Crippen LogP contribution >= 0.6 is 0 Å². The second kappa shape index (κ2) is 11.4. The molecular formula is C23H22N4O10S. The number of nitrogens with zero attached hydrogens (tertiary/aromatic N) is 3. The first-order valence-corrected chi connectivity index (χ1v) is 12.1. The van der Waals surface area contributed by atoms with Crippen molar-refractivity contribution in [1.29, 1.82) is 0 Å². The molecule has 0 saturated carbocycles. The Bertz CT molecular complexity index is 1490. The molecule has 0 heterocycles. The van der Waals surface area contributed by atoms with Gasteiger partial charge >= 0.3 is 0 Å². The van der Waals surface area contributed by atoms with Gasteiger partial charge in [-0.25, -0.2) is 8.42 Å². The number of anilines is 2. The van der Waals surface area contributed by atoms with E-state index < -0.39 is 42.9 Å². The SMILES string of the molecule is COc1ccc(N(CC(=O)Nc2cc([N+](=O)[O-])ccc2OC)S(=O)(=O)c2ccccc2[N+](=O)[O-])c(OC)c1. The number of sulfonamides is 1.